The van der Waals surface area contributed by atoms with E-state index in [1.54, 1.807) is 4.90 Å². The summed E-state index contributed by atoms with van der Waals surface area (Å²) in [7, 11) is 0. The van der Waals surface area contributed by atoms with Crippen LogP contribution in [0.2, 0.25) is 0 Å². The molecule has 0 radical (unpaired) electrons. The van der Waals surface area contributed by atoms with Crippen molar-refractivity contribution in [2.75, 3.05) is 19.6 Å². The molecule has 1 fully saturated rings. The van der Waals surface area contributed by atoms with Crippen molar-refractivity contribution in [1.29, 1.82) is 0 Å². The molecule has 2 aliphatic heterocycles. The van der Waals surface area contributed by atoms with Crippen LogP contribution in [0.15, 0.2) is 30.3 Å². The lowest BCUT2D eigenvalue weighted by Crippen LogP contribution is -2.49. The second-order valence-corrected chi connectivity index (χ2v) is 7.01. The molecule has 0 saturated carbocycles. The highest BCUT2D eigenvalue weighted by atomic mass is 16.2. The molecule has 136 valence electrons. The zero-order valence-corrected chi connectivity index (χ0v) is 14.6. The normalized spacial score (nSPS) is 19.9. The van der Waals surface area contributed by atoms with Crippen molar-refractivity contribution in [3.8, 4) is 11.4 Å². The highest BCUT2D eigenvalue weighted by Crippen LogP contribution is 2.25. The summed E-state index contributed by atoms with van der Waals surface area (Å²) in [6, 6.07) is 9.55. The molecule has 26 heavy (non-hydrogen) atoms. The van der Waals surface area contributed by atoms with E-state index in [-0.39, 0.29) is 11.8 Å². The molecule has 0 aliphatic carbocycles. The maximum atomic E-state index is 12.9. The molecule has 1 aromatic heterocycles. The van der Waals surface area contributed by atoms with Gasteiger partial charge < -0.3 is 20.5 Å². The van der Waals surface area contributed by atoms with Gasteiger partial charge in [0.1, 0.15) is 5.82 Å². The Labute approximate surface area is 152 Å². The molecule has 1 atom stereocenters. The van der Waals surface area contributed by atoms with Crippen LogP contribution in [0.3, 0.4) is 0 Å². The number of likely N-dealkylation sites (tertiary alicyclic amines) is 1. The Morgan fingerprint density at radius 2 is 1.96 bits per heavy atom. The number of piperidine rings is 1. The topological polar surface area (TPSA) is 95.3 Å². The second-order valence-electron chi connectivity index (χ2n) is 7.01. The van der Waals surface area contributed by atoms with Crippen LogP contribution in [-0.2, 0) is 17.8 Å². The molecule has 1 saturated heterocycles. The molecule has 0 unspecified atom stereocenters. The van der Waals surface area contributed by atoms with E-state index < -0.39 is 6.03 Å². The number of aromatic amines is 1. The minimum absolute atomic E-state index is 0.109. The number of primary amides is 1. The molecule has 1 aromatic carbocycles. The maximum Gasteiger partial charge on any atom is 0.314 e. The number of carbonyl (C=O) groups excluding carboxylic acids is 2. The number of hydrogen-bond acceptors (Lipinski definition) is 3. The quantitative estimate of drug-likeness (QED) is 0.861. The van der Waals surface area contributed by atoms with Crippen LogP contribution < -0.4 is 5.73 Å². The van der Waals surface area contributed by atoms with E-state index in [1.807, 2.05) is 35.2 Å². The Bertz CT molecular complexity index is 817. The summed E-state index contributed by atoms with van der Waals surface area (Å²) in [6.07, 6.45) is 2.38. The molecule has 2 aliphatic rings. The largest absolute Gasteiger partial charge is 0.351 e. The van der Waals surface area contributed by atoms with Crippen LogP contribution in [0.5, 0.6) is 0 Å². The number of nitrogens with one attached hydrogen (secondary N) is 1. The van der Waals surface area contributed by atoms with Gasteiger partial charge in [0.25, 0.3) is 0 Å². The van der Waals surface area contributed by atoms with Gasteiger partial charge >= 0.3 is 6.03 Å². The van der Waals surface area contributed by atoms with Gasteiger partial charge in [0.2, 0.25) is 5.91 Å². The Balaban J connectivity index is 1.47. The first-order valence-corrected chi connectivity index (χ1v) is 9.08. The smallest absolute Gasteiger partial charge is 0.314 e. The number of urea groups is 1. The fourth-order valence-corrected chi connectivity index (χ4v) is 3.85. The maximum absolute atomic E-state index is 12.9. The molecule has 7 heteroatoms. The van der Waals surface area contributed by atoms with Crippen molar-refractivity contribution in [1.82, 2.24) is 19.8 Å². The third kappa shape index (κ3) is 3.16. The zero-order valence-electron chi connectivity index (χ0n) is 14.6. The summed E-state index contributed by atoms with van der Waals surface area (Å²) in [5, 5.41) is 0. The van der Waals surface area contributed by atoms with Gasteiger partial charge in [-0.05, 0) is 12.8 Å². The summed E-state index contributed by atoms with van der Waals surface area (Å²) in [5.41, 5.74) is 8.47. The molecular weight excluding hydrogens is 330 g/mol. The average molecular weight is 353 g/mol. The molecular formula is C19H23N5O2. The molecule has 3 amide bonds. The fraction of sp³-hybridized carbons (Fsp3) is 0.421. The van der Waals surface area contributed by atoms with Crippen molar-refractivity contribution < 1.29 is 9.59 Å². The van der Waals surface area contributed by atoms with Crippen LogP contribution in [0.4, 0.5) is 4.79 Å². The molecule has 3 N–H and O–H groups in total. The molecule has 7 nitrogen and oxygen atoms in total. The second kappa shape index (κ2) is 6.82. The van der Waals surface area contributed by atoms with Crippen LogP contribution >= 0.6 is 0 Å². The van der Waals surface area contributed by atoms with E-state index in [4.69, 9.17) is 10.7 Å². The number of imidazole rings is 1. The summed E-state index contributed by atoms with van der Waals surface area (Å²) in [5.74, 6) is 0.800. The zero-order chi connectivity index (χ0) is 18.1. The van der Waals surface area contributed by atoms with Gasteiger partial charge in [0.05, 0.1) is 23.9 Å². The third-order valence-corrected chi connectivity index (χ3v) is 5.27. The van der Waals surface area contributed by atoms with E-state index >= 15 is 0 Å². The van der Waals surface area contributed by atoms with Gasteiger partial charge in [-0.3, -0.25) is 4.79 Å². The van der Waals surface area contributed by atoms with E-state index in [2.05, 4.69) is 4.98 Å². The lowest BCUT2D eigenvalue weighted by Gasteiger charge is -2.35. The van der Waals surface area contributed by atoms with Gasteiger partial charge in [-0.15, -0.1) is 0 Å². The number of fused-ring (bicyclic) bond motifs is 1. The summed E-state index contributed by atoms with van der Waals surface area (Å²) in [4.78, 5) is 35.9. The SMILES string of the molecule is NC(=O)N1CCC[C@H](C(=O)N2CCc3nc(-c4ccccc4)[nH]c3C2)C1. The van der Waals surface area contributed by atoms with Crippen LogP contribution in [0.25, 0.3) is 11.4 Å². The third-order valence-electron chi connectivity index (χ3n) is 5.27. The Hall–Kier alpha value is -2.83. The van der Waals surface area contributed by atoms with Crippen molar-refractivity contribution in [3.05, 3.63) is 41.7 Å². The first-order valence-electron chi connectivity index (χ1n) is 9.08. The molecule has 4 rings (SSSR count). The van der Waals surface area contributed by atoms with Crippen LogP contribution in [0.1, 0.15) is 24.2 Å². The van der Waals surface area contributed by atoms with Gasteiger partial charge in [-0.25, -0.2) is 9.78 Å². The summed E-state index contributed by atoms with van der Waals surface area (Å²) < 4.78 is 0. The van der Waals surface area contributed by atoms with Crippen molar-refractivity contribution >= 4 is 11.9 Å². The Morgan fingerprint density at radius 1 is 1.15 bits per heavy atom. The van der Waals surface area contributed by atoms with Gasteiger partial charge in [0.15, 0.2) is 0 Å². The van der Waals surface area contributed by atoms with E-state index in [0.717, 1.165) is 42.0 Å². The summed E-state index contributed by atoms with van der Waals surface area (Å²) in [6.45, 7) is 2.28. The number of nitrogens with zero attached hydrogens (tertiary/aromatic N) is 3. The minimum atomic E-state index is -0.440. The Morgan fingerprint density at radius 3 is 2.73 bits per heavy atom. The predicted octanol–water partition coefficient (Wildman–Crippen LogP) is 1.75. The number of H-pyrrole nitrogens is 1. The van der Waals surface area contributed by atoms with Gasteiger partial charge in [0, 0.05) is 31.6 Å². The fourth-order valence-electron chi connectivity index (χ4n) is 3.85. The number of nitrogens with two attached hydrogens (primary N) is 1. The monoisotopic (exact) mass is 353 g/mol. The standard InChI is InChI=1S/C19H23N5O2/c20-19(26)24-9-4-7-14(11-24)18(25)23-10-8-15-16(12-23)22-17(21-15)13-5-2-1-3-6-13/h1-3,5-6,14H,4,7-12H2,(H2,20,26)(H,21,22)/t14-/m0/s1. The van der Waals surface area contributed by atoms with E-state index in [9.17, 15) is 9.59 Å². The molecule has 3 heterocycles. The highest BCUT2D eigenvalue weighted by Gasteiger charge is 2.32. The number of rotatable bonds is 2. The van der Waals surface area contributed by atoms with Crippen molar-refractivity contribution in [2.45, 2.75) is 25.8 Å². The van der Waals surface area contributed by atoms with E-state index in [1.165, 1.54) is 0 Å². The number of carbonyl (C=O) groups is 2. The van der Waals surface area contributed by atoms with Crippen LogP contribution in [0, 0.1) is 5.92 Å². The van der Waals surface area contributed by atoms with Crippen molar-refractivity contribution in [2.24, 2.45) is 11.7 Å². The van der Waals surface area contributed by atoms with E-state index in [0.29, 0.717) is 26.2 Å². The summed E-state index contributed by atoms with van der Waals surface area (Å²) >= 11 is 0. The van der Waals surface area contributed by atoms with Crippen molar-refractivity contribution in [3.63, 3.8) is 0 Å². The Kier molecular flexibility index (Phi) is 4.36. The van der Waals surface area contributed by atoms with Gasteiger partial charge in [-0.2, -0.15) is 0 Å². The lowest BCUT2D eigenvalue weighted by atomic mass is 9.96. The first kappa shape index (κ1) is 16.6. The van der Waals surface area contributed by atoms with Gasteiger partial charge in [-0.1, -0.05) is 30.3 Å². The number of amides is 3. The average Bonchev–Trinajstić information content (AvgIpc) is 3.11. The van der Waals surface area contributed by atoms with Crippen LogP contribution in [-0.4, -0.2) is 51.3 Å². The molecule has 2 aromatic rings. The predicted molar refractivity (Wildman–Crippen MR) is 97.0 cm³/mol. The number of benzene rings is 1. The molecule has 0 spiro atoms. The lowest BCUT2D eigenvalue weighted by molar-refractivity contribution is -0.137. The molecule has 0 bridgehead atoms. The number of hydrogen-bond donors (Lipinski definition) is 2. The minimum Gasteiger partial charge on any atom is -0.351 e. The first-order chi connectivity index (χ1) is 12.6. The highest BCUT2D eigenvalue weighted by molar-refractivity contribution is 5.81. The number of aromatic nitrogens is 2.